The molecule has 0 aliphatic carbocycles. The average Bonchev–Trinajstić information content (AvgIpc) is 2.39. The van der Waals surface area contributed by atoms with Gasteiger partial charge in [-0.2, -0.15) is 4.99 Å². The van der Waals surface area contributed by atoms with Crippen molar-refractivity contribution in [1.29, 1.82) is 0 Å². The van der Waals surface area contributed by atoms with Gasteiger partial charge in [0.2, 0.25) is 5.96 Å². The van der Waals surface area contributed by atoms with Crippen molar-refractivity contribution in [3.63, 3.8) is 0 Å². The van der Waals surface area contributed by atoms with Crippen molar-refractivity contribution in [2.24, 2.45) is 27.2 Å². The summed E-state index contributed by atoms with van der Waals surface area (Å²) in [5.74, 6) is 0.945. The minimum absolute atomic E-state index is 0.0321. The van der Waals surface area contributed by atoms with Crippen molar-refractivity contribution >= 4 is 40.8 Å². The Bertz CT molecular complexity index is 704. The van der Waals surface area contributed by atoms with Gasteiger partial charge in [0.15, 0.2) is 5.96 Å². The lowest BCUT2D eigenvalue weighted by atomic mass is 10.3. The maximum absolute atomic E-state index is 5.91. The summed E-state index contributed by atoms with van der Waals surface area (Å²) >= 11 is 11.8. The lowest BCUT2D eigenvalue weighted by Gasteiger charge is -2.07. The molecule has 22 heavy (non-hydrogen) atoms. The van der Waals surface area contributed by atoms with Gasteiger partial charge >= 0.3 is 0 Å². The van der Waals surface area contributed by atoms with Gasteiger partial charge in [-0.3, -0.25) is 0 Å². The van der Waals surface area contributed by atoms with Gasteiger partial charge in [-0.1, -0.05) is 23.2 Å². The molecule has 0 radical (unpaired) electrons. The van der Waals surface area contributed by atoms with Crippen LogP contribution in [0.3, 0.4) is 0 Å². The Hall–Kier alpha value is -2.44. The largest absolute Gasteiger partial charge is 0.457 e. The summed E-state index contributed by atoms with van der Waals surface area (Å²) in [5.41, 5.74) is 16.5. The van der Waals surface area contributed by atoms with E-state index >= 15 is 0 Å². The molecule has 114 valence electrons. The number of guanidine groups is 2. The van der Waals surface area contributed by atoms with Crippen LogP contribution in [0.5, 0.6) is 11.5 Å². The van der Waals surface area contributed by atoms with E-state index in [0.29, 0.717) is 27.2 Å². The Balaban J connectivity index is 2.14. The van der Waals surface area contributed by atoms with E-state index in [2.05, 4.69) is 9.98 Å². The number of rotatable bonds is 3. The lowest BCUT2D eigenvalue weighted by Crippen LogP contribution is -2.26. The number of nitrogens with two attached hydrogens (primary N) is 3. The predicted octanol–water partition coefficient (Wildman–Crippen LogP) is 3.01. The number of benzene rings is 2. The highest BCUT2D eigenvalue weighted by Gasteiger charge is 2.02. The van der Waals surface area contributed by atoms with Crippen LogP contribution in [-0.2, 0) is 0 Å². The second-order valence-electron chi connectivity index (χ2n) is 4.21. The fourth-order valence-electron chi connectivity index (χ4n) is 1.60. The Labute approximate surface area is 137 Å². The third-order valence-corrected chi connectivity index (χ3v) is 2.83. The second kappa shape index (κ2) is 7.02. The molecule has 0 aliphatic rings. The molecule has 0 heterocycles. The number of halogens is 2. The lowest BCUT2D eigenvalue weighted by molar-refractivity contribution is 0.483. The molecule has 6 nitrogen and oxygen atoms in total. The van der Waals surface area contributed by atoms with E-state index in [0.717, 1.165) is 0 Å². The molecule has 8 heteroatoms. The van der Waals surface area contributed by atoms with Gasteiger partial charge in [-0.05, 0) is 42.5 Å². The first kappa shape index (κ1) is 15.9. The highest BCUT2D eigenvalue weighted by molar-refractivity contribution is 6.34. The fraction of sp³-hybridized carbons (Fsp3) is 0. The summed E-state index contributed by atoms with van der Waals surface area (Å²) < 4.78 is 5.65. The second-order valence-corrected chi connectivity index (χ2v) is 5.08. The van der Waals surface area contributed by atoms with E-state index in [9.17, 15) is 0 Å². The van der Waals surface area contributed by atoms with Crippen LogP contribution in [0.25, 0.3) is 0 Å². The van der Waals surface area contributed by atoms with E-state index in [4.69, 9.17) is 45.1 Å². The SMILES string of the molecule is NC(N)=NC(N)=Nc1ccc(Oc2cc(Cl)cc(Cl)c2)cc1. The maximum Gasteiger partial charge on any atom is 0.223 e. The van der Waals surface area contributed by atoms with Crippen molar-refractivity contribution in [3.05, 3.63) is 52.5 Å². The normalized spacial score (nSPS) is 11.1. The molecule has 2 aromatic rings. The van der Waals surface area contributed by atoms with Crippen LogP contribution < -0.4 is 21.9 Å². The summed E-state index contributed by atoms with van der Waals surface area (Å²) in [4.78, 5) is 7.65. The predicted molar refractivity (Wildman–Crippen MR) is 90.1 cm³/mol. The first-order valence-corrected chi connectivity index (χ1v) is 6.86. The van der Waals surface area contributed by atoms with E-state index in [1.165, 1.54) is 0 Å². The molecular weight excluding hydrogens is 325 g/mol. The molecule has 0 amide bonds. The monoisotopic (exact) mass is 337 g/mol. The molecule has 0 bridgehead atoms. The third-order valence-electron chi connectivity index (χ3n) is 2.40. The maximum atomic E-state index is 5.91. The number of aliphatic imine (C=N–C) groups is 2. The van der Waals surface area contributed by atoms with E-state index in [1.807, 2.05) is 0 Å². The summed E-state index contributed by atoms with van der Waals surface area (Å²) in [6.45, 7) is 0. The van der Waals surface area contributed by atoms with Crippen molar-refractivity contribution in [1.82, 2.24) is 0 Å². The zero-order valence-electron chi connectivity index (χ0n) is 11.3. The van der Waals surface area contributed by atoms with Crippen molar-refractivity contribution in [2.75, 3.05) is 0 Å². The molecule has 0 unspecified atom stereocenters. The van der Waals surface area contributed by atoms with Crippen molar-refractivity contribution < 1.29 is 4.74 Å². The van der Waals surface area contributed by atoms with Gasteiger partial charge in [-0.25, -0.2) is 4.99 Å². The summed E-state index contributed by atoms with van der Waals surface area (Å²) in [5, 5.41) is 0.988. The van der Waals surface area contributed by atoms with Crippen LogP contribution in [0, 0.1) is 0 Å². The molecule has 2 aromatic carbocycles. The van der Waals surface area contributed by atoms with E-state index in [-0.39, 0.29) is 11.9 Å². The number of ether oxygens (including phenoxy) is 1. The molecule has 0 atom stereocenters. The van der Waals surface area contributed by atoms with Crippen LogP contribution in [0.2, 0.25) is 10.0 Å². The summed E-state index contributed by atoms with van der Waals surface area (Å²) in [6, 6.07) is 11.8. The van der Waals surface area contributed by atoms with Gasteiger partial charge in [0, 0.05) is 10.0 Å². The highest BCUT2D eigenvalue weighted by Crippen LogP contribution is 2.29. The van der Waals surface area contributed by atoms with Gasteiger partial charge in [0.25, 0.3) is 0 Å². The van der Waals surface area contributed by atoms with Crippen LogP contribution in [0.4, 0.5) is 5.69 Å². The first-order chi connectivity index (χ1) is 10.4. The molecule has 0 saturated heterocycles. The molecule has 0 fully saturated rings. The molecule has 0 aromatic heterocycles. The minimum atomic E-state index is -0.154. The summed E-state index contributed by atoms with van der Waals surface area (Å²) in [7, 11) is 0. The van der Waals surface area contributed by atoms with Crippen molar-refractivity contribution in [2.45, 2.75) is 0 Å². The first-order valence-electron chi connectivity index (χ1n) is 6.10. The molecule has 0 saturated carbocycles. The zero-order valence-corrected chi connectivity index (χ0v) is 12.8. The standard InChI is InChI=1S/C14H13Cl2N5O/c15-8-5-9(16)7-12(6-8)22-11-3-1-10(2-4-11)20-14(19)21-13(17)18/h1-7H,(H6,17,18,19,20,21). The van der Waals surface area contributed by atoms with E-state index in [1.54, 1.807) is 42.5 Å². The van der Waals surface area contributed by atoms with Gasteiger partial charge in [0.1, 0.15) is 11.5 Å². The van der Waals surface area contributed by atoms with Crippen molar-refractivity contribution in [3.8, 4) is 11.5 Å². The van der Waals surface area contributed by atoms with Gasteiger partial charge in [0.05, 0.1) is 5.69 Å². The van der Waals surface area contributed by atoms with Crippen LogP contribution in [0.1, 0.15) is 0 Å². The van der Waals surface area contributed by atoms with Crippen LogP contribution >= 0.6 is 23.2 Å². The quantitative estimate of drug-likeness (QED) is 0.590. The fourth-order valence-corrected chi connectivity index (χ4v) is 2.11. The molecule has 0 spiro atoms. The molecule has 0 aliphatic heterocycles. The smallest absolute Gasteiger partial charge is 0.223 e. The average molecular weight is 338 g/mol. The third kappa shape index (κ3) is 4.83. The minimum Gasteiger partial charge on any atom is -0.457 e. The van der Waals surface area contributed by atoms with Gasteiger partial charge in [-0.15, -0.1) is 0 Å². The number of hydrogen-bond acceptors (Lipinski definition) is 2. The molecule has 6 N–H and O–H groups in total. The Morgan fingerprint density at radius 3 is 2.00 bits per heavy atom. The summed E-state index contributed by atoms with van der Waals surface area (Å²) in [6.07, 6.45) is 0. The molecule has 2 rings (SSSR count). The van der Waals surface area contributed by atoms with Gasteiger partial charge < -0.3 is 21.9 Å². The highest BCUT2D eigenvalue weighted by atomic mass is 35.5. The number of nitrogens with zero attached hydrogens (tertiary/aromatic N) is 2. The Kier molecular flexibility index (Phi) is 5.08. The van der Waals surface area contributed by atoms with Crippen LogP contribution in [-0.4, -0.2) is 11.9 Å². The van der Waals surface area contributed by atoms with Crippen LogP contribution in [0.15, 0.2) is 52.4 Å². The topological polar surface area (TPSA) is 112 Å². The Morgan fingerprint density at radius 2 is 1.45 bits per heavy atom. The number of hydrogen-bond donors (Lipinski definition) is 3. The zero-order chi connectivity index (χ0) is 16.1. The Morgan fingerprint density at radius 1 is 0.864 bits per heavy atom. The molecular formula is C14H13Cl2N5O. The van der Waals surface area contributed by atoms with E-state index < -0.39 is 0 Å².